The first kappa shape index (κ1) is 14.5. The van der Waals surface area contributed by atoms with Crippen LogP contribution in [0.15, 0.2) is 12.1 Å². The number of aromatic hydroxyl groups is 1. The minimum absolute atomic E-state index is 0.0932. The Morgan fingerprint density at radius 1 is 1.50 bits per heavy atom. The number of rotatable bonds is 5. The Bertz CT molecular complexity index is 428. The van der Waals surface area contributed by atoms with E-state index in [1.54, 1.807) is 13.0 Å². The number of carbonyl (C=O) groups is 1. The number of nitrogens with one attached hydrogen (secondary N) is 1. The molecule has 18 heavy (non-hydrogen) atoms. The Labute approximate surface area is 107 Å². The number of aryl methyl sites for hydroxylation is 2. The van der Waals surface area contributed by atoms with Crippen LogP contribution in [0, 0.1) is 13.8 Å². The van der Waals surface area contributed by atoms with Gasteiger partial charge in [-0.2, -0.15) is 0 Å². The van der Waals surface area contributed by atoms with Crippen molar-refractivity contribution in [2.45, 2.75) is 26.4 Å². The summed E-state index contributed by atoms with van der Waals surface area (Å²) in [5.41, 5.74) is 7.57. The molecule has 0 radical (unpaired) electrons. The third-order valence-electron chi connectivity index (χ3n) is 2.73. The number of benzene rings is 1. The zero-order valence-electron chi connectivity index (χ0n) is 11.0. The fraction of sp³-hybridized carbons (Fsp3) is 0.462. The molecule has 0 saturated carbocycles. The van der Waals surface area contributed by atoms with E-state index >= 15 is 0 Å². The maximum absolute atomic E-state index is 11.8. The summed E-state index contributed by atoms with van der Waals surface area (Å²) >= 11 is 0. The van der Waals surface area contributed by atoms with Crippen molar-refractivity contribution in [2.75, 3.05) is 19.0 Å². The van der Waals surface area contributed by atoms with Gasteiger partial charge in [0.25, 0.3) is 0 Å². The summed E-state index contributed by atoms with van der Waals surface area (Å²) in [5.74, 6) is -0.136. The largest absolute Gasteiger partial charge is 0.505 e. The highest BCUT2D eigenvalue weighted by molar-refractivity contribution is 5.92. The highest BCUT2D eigenvalue weighted by Crippen LogP contribution is 2.28. The molecule has 4 N–H and O–H groups in total. The molecular weight excluding hydrogens is 232 g/mol. The maximum atomic E-state index is 11.8. The lowest BCUT2D eigenvalue weighted by Crippen LogP contribution is -2.28. The van der Waals surface area contributed by atoms with Gasteiger partial charge in [-0.3, -0.25) is 4.79 Å². The number of carbonyl (C=O) groups excluding carboxylic acids is 1. The monoisotopic (exact) mass is 252 g/mol. The van der Waals surface area contributed by atoms with Crippen molar-refractivity contribution in [3.8, 4) is 5.75 Å². The number of phenolic OH excluding ortho intramolecular Hbond substituents is 1. The van der Waals surface area contributed by atoms with Crippen LogP contribution in [0.4, 0.5) is 5.69 Å². The van der Waals surface area contributed by atoms with Crippen LogP contribution < -0.4 is 11.1 Å². The number of amides is 1. The third kappa shape index (κ3) is 3.72. The topological polar surface area (TPSA) is 84.6 Å². The molecule has 1 aromatic carbocycles. The van der Waals surface area contributed by atoms with E-state index in [2.05, 4.69) is 5.32 Å². The Balaban J connectivity index is 2.76. The summed E-state index contributed by atoms with van der Waals surface area (Å²) in [6.45, 7) is 3.97. The molecule has 1 amide bonds. The molecule has 0 heterocycles. The van der Waals surface area contributed by atoms with Gasteiger partial charge in [-0.15, -0.1) is 0 Å². The van der Waals surface area contributed by atoms with Gasteiger partial charge in [-0.25, -0.2) is 0 Å². The first-order chi connectivity index (χ1) is 8.47. The third-order valence-corrected chi connectivity index (χ3v) is 2.73. The lowest BCUT2D eigenvalue weighted by Gasteiger charge is -2.14. The molecule has 1 aromatic rings. The number of phenols is 1. The Morgan fingerprint density at radius 3 is 2.72 bits per heavy atom. The summed E-state index contributed by atoms with van der Waals surface area (Å²) < 4.78 is 5.04. The first-order valence-corrected chi connectivity index (χ1v) is 5.80. The molecule has 1 atom stereocenters. The van der Waals surface area contributed by atoms with Crippen LogP contribution in [-0.4, -0.2) is 30.8 Å². The number of anilines is 1. The lowest BCUT2D eigenvalue weighted by molar-refractivity contribution is -0.118. The van der Waals surface area contributed by atoms with E-state index < -0.39 is 0 Å². The Kier molecular flexibility index (Phi) is 5.12. The second-order valence-electron chi connectivity index (χ2n) is 4.32. The van der Waals surface area contributed by atoms with Crippen LogP contribution in [0.5, 0.6) is 5.75 Å². The minimum Gasteiger partial charge on any atom is -0.505 e. The van der Waals surface area contributed by atoms with Crippen LogP contribution >= 0.6 is 0 Å². The van der Waals surface area contributed by atoms with Crippen LogP contribution in [0.1, 0.15) is 17.5 Å². The normalized spacial score (nSPS) is 12.2. The fourth-order valence-corrected chi connectivity index (χ4v) is 1.73. The van der Waals surface area contributed by atoms with E-state index in [0.29, 0.717) is 5.69 Å². The molecule has 0 saturated heterocycles. The molecule has 1 rings (SSSR count). The molecule has 0 spiro atoms. The van der Waals surface area contributed by atoms with Crippen LogP contribution in [0.25, 0.3) is 0 Å². The molecule has 100 valence electrons. The van der Waals surface area contributed by atoms with Gasteiger partial charge >= 0.3 is 0 Å². The van der Waals surface area contributed by atoms with Gasteiger partial charge in [0.05, 0.1) is 18.2 Å². The summed E-state index contributed by atoms with van der Waals surface area (Å²) in [6.07, 6.45) is -0.141. The molecule has 5 heteroatoms. The molecular formula is C13H20N2O3. The molecule has 5 nitrogen and oxygen atoms in total. The van der Waals surface area contributed by atoms with E-state index in [1.165, 1.54) is 7.11 Å². The van der Waals surface area contributed by atoms with Gasteiger partial charge in [-0.1, -0.05) is 6.07 Å². The van der Waals surface area contributed by atoms with E-state index in [4.69, 9.17) is 10.5 Å². The van der Waals surface area contributed by atoms with Gasteiger partial charge in [-0.05, 0) is 31.0 Å². The fourth-order valence-electron chi connectivity index (χ4n) is 1.73. The minimum atomic E-state index is -0.307. The molecule has 0 aliphatic carbocycles. The van der Waals surface area contributed by atoms with Gasteiger partial charge in [0.2, 0.25) is 5.91 Å². The van der Waals surface area contributed by atoms with E-state index in [-0.39, 0.29) is 30.7 Å². The standard InChI is InChI=1S/C13H20N2O3/c1-8-4-9(2)13(17)11(5-8)15-12(16)6-10(7-14)18-3/h4-5,10,17H,6-7,14H2,1-3H3,(H,15,16). The van der Waals surface area contributed by atoms with Crippen LogP contribution in [-0.2, 0) is 9.53 Å². The average Bonchev–Trinajstić information content (AvgIpc) is 2.32. The van der Waals surface area contributed by atoms with E-state index in [0.717, 1.165) is 11.1 Å². The summed E-state index contributed by atoms with van der Waals surface area (Å²) in [7, 11) is 1.51. The van der Waals surface area contributed by atoms with Gasteiger partial charge < -0.3 is 20.9 Å². The highest BCUT2D eigenvalue weighted by atomic mass is 16.5. The van der Waals surface area contributed by atoms with Crippen molar-refractivity contribution < 1.29 is 14.6 Å². The lowest BCUT2D eigenvalue weighted by atomic mass is 10.1. The first-order valence-electron chi connectivity index (χ1n) is 5.80. The molecule has 0 bridgehead atoms. The highest BCUT2D eigenvalue weighted by Gasteiger charge is 2.14. The number of hydrogen-bond donors (Lipinski definition) is 3. The average molecular weight is 252 g/mol. The molecule has 0 fully saturated rings. The van der Waals surface area contributed by atoms with Crippen molar-refractivity contribution in [2.24, 2.45) is 5.73 Å². The quantitative estimate of drug-likeness (QED) is 0.690. The number of hydrogen-bond acceptors (Lipinski definition) is 4. The predicted octanol–water partition coefficient (Wildman–Crippen LogP) is 1.31. The molecule has 0 aromatic heterocycles. The van der Waals surface area contributed by atoms with Crippen LogP contribution in [0.3, 0.4) is 0 Å². The van der Waals surface area contributed by atoms with E-state index in [9.17, 15) is 9.90 Å². The van der Waals surface area contributed by atoms with Crippen molar-refractivity contribution >= 4 is 11.6 Å². The SMILES string of the molecule is COC(CN)CC(=O)Nc1cc(C)cc(C)c1O. The van der Waals surface area contributed by atoms with Crippen LogP contribution in [0.2, 0.25) is 0 Å². The zero-order valence-corrected chi connectivity index (χ0v) is 11.0. The number of ether oxygens (including phenoxy) is 1. The second-order valence-corrected chi connectivity index (χ2v) is 4.32. The summed E-state index contributed by atoms with van der Waals surface area (Å²) in [5, 5.41) is 12.5. The number of nitrogens with two attached hydrogens (primary N) is 1. The van der Waals surface area contributed by atoms with Gasteiger partial charge in [0.15, 0.2) is 0 Å². The van der Waals surface area contributed by atoms with Crippen molar-refractivity contribution in [3.63, 3.8) is 0 Å². The van der Waals surface area contributed by atoms with E-state index in [1.807, 2.05) is 13.0 Å². The molecule has 0 aliphatic rings. The summed E-state index contributed by atoms with van der Waals surface area (Å²) in [6, 6.07) is 3.58. The van der Waals surface area contributed by atoms with Crippen molar-refractivity contribution in [3.05, 3.63) is 23.3 Å². The molecule has 0 aliphatic heterocycles. The smallest absolute Gasteiger partial charge is 0.227 e. The number of methoxy groups -OCH3 is 1. The Morgan fingerprint density at radius 2 is 2.17 bits per heavy atom. The predicted molar refractivity (Wildman–Crippen MR) is 70.7 cm³/mol. The summed E-state index contributed by atoms with van der Waals surface area (Å²) in [4.78, 5) is 11.8. The van der Waals surface area contributed by atoms with Crippen molar-refractivity contribution in [1.82, 2.24) is 0 Å². The Hall–Kier alpha value is -1.59. The van der Waals surface area contributed by atoms with Gasteiger partial charge in [0.1, 0.15) is 5.75 Å². The maximum Gasteiger partial charge on any atom is 0.227 e. The van der Waals surface area contributed by atoms with Gasteiger partial charge in [0, 0.05) is 13.7 Å². The van der Waals surface area contributed by atoms with Crippen molar-refractivity contribution in [1.29, 1.82) is 0 Å². The second kappa shape index (κ2) is 6.37. The zero-order chi connectivity index (χ0) is 13.7. The molecule has 1 unspecified atom stereocenters.